The van der Waals surface area contributed by atoms with Gasteiger partial charge in [-0.05, 0) is 62.8 Å². The minimum Gasteiger partial charge on any atom is -0.0622 e. The van der Waals surface area contributed by atoms with E-state index in [4.69, 9.17) is 0 Å². The summed E-state index contributed by atoms with van der Waals surface area (Å²) in [6.45, 7) is 13.8. The zero-order valence-corrected chi connectivity index (χ0v) is 21.5. The molecule has 0 nitrogen and oxygen atoms in total. The maximum atomic E-state index is 3.92. The molecular formula is C34H37. The largest absolute Gasteiger partial charge is 0.0707 e. The van der Waals surface area contributed by atoms with Crippen molar-refractivity contribution in [3.8, 4) is 0 Å². The fourth-order valence-corrected chi connectivity index (χ4v) is 5.26. The van der Waals surface area contributed by atoms with Gasteiger partial charge < -0.3 is 0 Å². The van der Waals surface area contributed by atoms with E-state index in [1.54, 1.807) is 0 Å². The van der Waals surface area contributed by atoms with Crippen LogP contribution >= 0.6 is 0 Å². The molecule has 0 aliphatic rings. The average Bonchev–Trinajstić information content (AvgIpc) is 2.86. The second kappa shape index (κ2) is 10.0. The van der Waals surface area contributed by atoms with E-state index in [-0.39, 0.29) is 0 Å². The van der Waals surface area contributed by atoms with Gasteiger partial charge in [0, 0.05) is 0 Å². The normalized spacial score (nSPS) is 12.0. The summed E-state index contributed by atoms with van der Waals surface area (Å²) in [5, 5.41) is 0. The summed E-state index contributed by atoms with van der Waals surface area (Å²) in [4.78, 5) is 0. The van der Waals surface area contributed by atoms with Crippen molar-refractivity contribution in [2.24, 2.45) is 0 Å². The average molecular weight is 446 g/mol. The zero-order chi connectivity index (χ0) is 24.3. The molecule has 0 unspecified atom stereocenters. The number of hydrogen-bond acceptors (Lipinski definition) is 0. The Morgan fingerprint density at radius 1 is 0.529 bits per heavy atom. The number of hydrogen-bond donors (Lipinski definition) is 0. The Morgan fingerprint density at radius 3 is 1.26 bits per heavy atom. The maximum Gasteiger partial charge on any atom is 0.0707 e. The first-order valence-electron chi connectivity index (χ1n) is 12.6. The van der Waals surface area contributed by atoms with Gasteiger partial charge in [-0.25, -0.2) is 0 Å². The predicted octanol–water partition coefficient (Wildman–Crippen LogP) is 9.24. The molecule has 0 aliphatic carbocycles. The van der Waals surface area contributed by atoms with Crippen LogP contribution in [-0.2, 0) is 5.41 Å². The lowest BCUT2D eigenvalue weighted by Crippen LogP contribution is -2.34. The minimum absolute atomic E-state index is 0.349. The second-order valence-electron chi connectivity index (χ2n) is 10.3. The molecule has 173 valence electrons. The van der Waals surface area contributed by atoms with Gasteiger partial charge in [-0.2, -0.15) is 0 Å². The van der Waals surface area contributed by atoms with E-state index in [0.717, 1.165) is 0 Å². The minimum atomic E-state index is -0.436. The highest BCUT2D eigenvalue weighted by atomic mass is 14.4. The van der Waals surface area contributed by atoms with Crippen molar-refractivity contribution in [3.05, 3.63) is 142 Å². The lowest BCUT2D eigenvalue weighted by atomic mass is 9.61. The van der Waals surface area contributed by atoms with Gasteiger partial charge in [0.15, 0.2) is 0 Å². The number of benzene rings is 4. The first kappa shape index (κ1) is 24.0. The molecule has 0 fully saturated rings. The summed E-state index contributed by atoms with van der Waals surface area (Å²) in [7, 11) is 0. The van der Waals surface area contributed by atoms with Crippen molar-refractivity contribution < 1.29 is 0 Å². The van der Waals surface area contributed by atoms with Crippen LogP contribution < -0.4 is 0 Å². The highest BCUT2D eigenvalue weighted by Gasteiger charge is 2.42. The van der Waals surface area contributed by atoms with Gasteiger partial charge in [-0.3, -0.25) is 0 Å². The van der Waals surface area contributed by atoms with Crippen LogP contribution in [0.2, 0.25) is 0 Å². The van der Waals surface area contributed by atoms with Crippen molar-refractivity contribution in [1.82, 2.24) is 0 Å². The van der Waals surface area contributed by atoms with Crippen molar-refractivity contribution in [1.29, 1.82) is 0 Å². The summed E-state index contributed by atoms with van der Waals surface area (Å²) < 4.78 is 0. The van der Waals surface area contributed by atoms with Crippen LogP contribution in [0.1, 0.15) is 98.2 Å². The van der Waals surface area contributed by atoms with Crippen molar-refractivity contribution in [2.75, 3.05) is 0 Å². The molecule has 1 radical (unpaired) electrons. The molecule has 4 aromatic rings. The van der Waals surface area contributed by atoms with Crippen molar-refractivity contribution in [3.63, 3.8) is 0 Å². The molecule has 0 heterocycles. The summed E-state index contributed by atoms with van der Waals surface area (Å²) in [5.74, 6) is 1.17. The van der Waals surface area contributed by atoms with E-state index in [9.17, 15) is 0 Å². The molecule has 0 atom stereocenters. The Bertz CT molecular complexity index is 1070. The third kappa shape index (κ3) is 4.23. The third-order valence-electron chi connectivity index (χ3n) is 6.96. The fraction of sp³-hybridized carbons (Fsp3) is 0.294. The molecule has 34 heavy (non-hydrogen) atoms. The molecule has 0 amide bonds. The van der Waals surface area contributed by atoms with Gasteiger partial charge in [0.25, 0.3) is 0 Å². The lowest BCUT2D eigenvalue weighted by molar-refractivity contribution is 0.679. The highest BCUT2D eigenvalue weighted by Crippen LogP contribution is 2.50. The van der Waals surface area contributed by atoms with E-state index in [1.165, 1.54) is 38.9 Å². The Balaban J connectivity index is 2.28. The van der Waals surface area contributed by atoms with Gasteiger partial charge in [0.05, 0.1) is 5.41 Å². The first-order chi connectivity index (χ1) is 16.4. The predicted molar refractivity (Wildman–Crippen MR) is 146 cm³/mol. The maximum absolute atomic E-state index is 3.92. The Labute approximate surface area is 206 Å². The standard InChI is InChI=1S/C34H37/c1-24(2)27-22-31(25(3)4)33(32(23-27)26(5)6)34(28-16-10-7-11-17-28,29-18-12-8-13-19-29)30-20-14-9-15-21-30/h7-22,24-26H,1-6H3. The smallest absolute Gasteiger partial charge is 0.0622 e. The van der Waals surface area contributed by atoms with E-state index < -0.39 is 5.41 Å². The first-order valence-corrected chi connectivity index (χ1v) is 12.6. The molecule has 0 bridgehead atoms. The molecular weight excluding hydrogens is 408 g/mol. The lowest BCUT2D eigenvalue weighted by Gasteiger charge is -2.41. The van der Waals surface area contributed by atoms with E-state index in [1.807, 2.05) is 0 Å². The number of rotatable bonds is 7. The molecule has 0 spiro atoms. The molecule has 0 saturated heterocycles. The van der Waals surface area contributed by atoms with Crippen LogP contribution in [0.15, 0.2) is 97.1 Å². The van der Waals surface area contributed by atoms with Gasteiger partial charge in [-0.15, -0.1) is 0 Å². The van der Waals surface area contributed by atoms with Crippen LogP contribution in [0.4, 0.5) is 0 Å². The molecule has 0 heteroatoms. The topological polar surface area (TPSA) is 0 Å². The monoisotopic (exact) mass is 445 g/mol. The summed E-state index contributed by atoms with van der Waals surface area (Å²) in [6, 6.07) is 39.5. The third-order valence-corrected chi connectivity index (χ3v) is 6.96. The van der Waals surface area contributed by atoms with Crippen LogP contribution in [0.25, 0.3) is 0 Å². The molecule has 4 aromatic carbocycles. The Hall–Kier alpha value is -3.12. The molecule has 0 saturated carbocycles. The highest BCUT2D eigenvalue weighted by molar-refractivity contribution is 5.65. The van der Waals surface area contributed by atoms with Crippen molar-refractivity contribution >= 4 is 0 Å². The summed E-state index contributed by atoms with van der Waals surface area (Å²) in [6.07, 6.45) is 0. The van der Waals surface area contributed by atoms with Gasteiger partial charge in [0.1, 0.15) is 0 Å². The molecule has 0 aromatic heterocycles. The fourth-order valence-electron chi connectivity index (χ4n) is 5.26. The Morgan fingerprint density at radius 2 is 0.941 bits per heavy atom. The van der Waals surface area contributed by atoms with Gasteiger partial charge >= 0.3 is 0 Å². The molecule has 0 aliphatic heterocycles. The quantitative estimate of drug-likeness (QED) is 0.249. The van der Waals surface area contributed by atoms with Crippen molar-refractivity contribution in [2.45, 2.75) is 64.7 Å². The van der Waals surface area contributed by atoms with Gasteiger partial charge in [0.2, 0.25) is 0 Å². The Kier molecular flexibility index (Phi) is 7.08. The van der Waals surface area contributed by atoms with Crippen LogP contribution in [0.5, 0.6) is 0 Å². The van der Waals surface area contributed by atoms with Gasteiger partial charge in [-0.1, -0.05) is 139 Å². The van der Waals surface area contributed by atoms with E-state index >= 15 is 0 Å². The summed E-state index contributed by atoms with van der Waals surface area (Å²) >= 11 is 0. The second-order valence-corrected chi connectivity index (χ2v) is 10.3. The van der Waals surface area contributed by atoms with E-state index in [0.29, 0.717) is 17.8 Å². The molecule has 4 rings (SSSR count). The SMILES string of the molecule is CC(C)c1[c]c(C(C)C)c(C(c2ccccc2)(c2ccccc2)c2ccccc2)c(C(C)C)c1. The summed E-state index contributed by atoms with van der Waals surface area (Å²) in [5.41, 5.74) is 8.89. The molecule has 0 N–H and O–H groups in total. The van der Waals surface area contributed by atoms with Crippen LogP contribution in [0, 0.1) is 6.07 Å². The van der Waals surface area contributed by atoms with Crippen LogP contribution in [0.3, 0.4) is 0 Å². The zero-order valence-electron chi connectivity index (χ0n) is 21.5. The van der Waals surface area contributed by atoms with E-state index in [2.05, 4.69) is 145 Å². The van der Waals surface area contributed by atoms with Crippen LogP contribution in [-0.4, -0.2) is 0 Å².